The molecule has 0 radical (unpaired) electrons. The number of amides is 2. The van der Waals surface area contributed by atoms with Crippen LogP contribution in [0.1, 0.15) is 15.9 Å². The zero-order chi connectivity index (χ0) is 20.7. The van der Waals surface area contributed by atoms with E-state index in [0.29, 0.717) is 27.4 Å². The lowest BCUT2D eigenvalue weighted by Gasteiger charge is -2.33. The van der Waals surface area contributed by atoms with Gasteiger partial charge in [0, 0.05) is 22.7 Å². The molecule has 8 heteroatoms. The van der Waals surface area contributed by atoms with Gasteiger partial charge in [0.15, 0.2) is 0 Å². The highest BCUT2D eigenvalue weighted by atomic mass is 35.5. The Labute approximate surface area is 181 Å². The number of anilines is 2. The largest absolute Gasteiger partial charge is 0.478 e. The first-order valence-electron chi connectivity index (χ1n) is 8.55. The lowest BCUT2D eigenvalue weighted by Crippen LogP contribution is -2.41. The fourth-order valence-corrected chi connectivity index (χ4v) is 4.17. The van der Waals surface area contributed by atoms with Gasteiger partial charge in [-0.05, 0) is 35.9 Å². The van der Waals surface area contributed by atoms with Crippen LogP contribution in [0.4, 0.5) is 16.2 Å². The summed E-state index contributed by atoms with van der Waals surface area (Å²) in [5.41, 5.74) is 2.66. The number of carbonyl (C=O) groups excluding carboxylic acids is 1. The van der Waals surface area contributed by atoms with Crippen molar-refractivity contribution in [2.45, 2.75) is 6.54 Å². The van der Waals surface area contributed by atoms with Gasteiger partial charge in [0.05, 0.1) is 27.0 Å². The molecular formula is C21H13Cl3N2O3. The van der Waals surface area contributed by atoms with E-state index < -0.39 is 12.0 Å². The van der Waals surface area contributed by atoms with Crippen molar-refractivity contribution < 1.29 is 14.7 Å². The maximum absolute atomic E-state index is 12.8. The number of carboxylic acids is 1. The van der Waals surface area contributed by atoms with E-state index in [-0.39, 0.29) is 27.8 Å². The van der Waals surface area contributed by atoms with E-state index in [9.17, 15) is 14.7 Å². The molecule has 29 heavy (non-hydrogen) atoms. The fourth-order valence-electron chi connectivity index (χ4n) is 3.36. The lowest BCUT2D eigenvalue weighted by atomic mass is 9.93. The molecule has 0 spiro atoms. The van der Waals surface area contributed by atoms with Gasteiger partial charge >= 0.3 is 12.0 Å². The van der Waals surface area contributed by atoms with E-state index in [0.717, 1.165) is 0 Å². The molecule has 3 aromatic rings. The zero-order valence-electron chi connectivity index (χ0n) is 14.7. The minimum atomic E-state index is -1.13. The summed E-state index contributed by atoms with van der Waals surface area (Å²) in [5, 5.41) is 13.5. The van der Waals surface area contributed by atoms with Crippen LogP contribution in [0.25, 0.3) is 11.1 Å². The molecule has 3 aromatic carbocycles. The van der Waals surface area contributed by atoms with Crippen LogP contribution in [0.3, 0.4) is 0 Å². The first-order chi connectivity index (χ1) is 13.9. The predicted molar refractivity (Wildman–Crippen MR) is 115 cm³/mol. The molecule has 1 aliphatic rings. The number of hydrogen-bond acceptors (Lipinski definition) is 2. The number of halogens is 3. The summed E-state index contributed by atoms with van der Waals surface area (Å²) in [6, 6.07) is 14.5. The molecule has 0 saturated heterocycles. The number of nitrogens with one attached hydrogen (secondary N) is 1. The number of hydrogen-bond donors (Lipinski definition) is 2. The zero-order valence-corrected chi connectivity index (χ0v) is 17.0. The minimum absolute atomic E-state index is 0.0153. The average molecular weight is 448 g/mol. The Morgan fingerprint density at radius 2 is 1.59 bits per heavy atom. The van der Waals surface area contributed by atoms with Crippen LogP contribution in [0.2, 0.25) is 15.1 Å². The summed E-state index contributed by atoms with van der Waals surface area (Å²) in [6.45, 7) is 0.202. The summed E-state index contributed by atoms with van der Waals surface area (Å²) >= 11 is 19.0. The SMILES string of the molecule is O=C(O)c1cc(-c2ccccc2Cl)c2c(c1)N(c1c(Cl)cccc1Cl)C(=O)NC2. The second-order valence-electron chi connectivity index (χ2n) is 6.37. The monoisotopic (exact) mass is 446 g/mol. The van der Waals surface area contributed by atoms with E-state index >= 15 is 0 Å². The Kier molecular flexibility index (Phi) is 5.13. The summed E-state index contributed by atoms with van der Waals surface area (Å²) in [5.74, 6) is -1.13. The number of para-hydroxylation sites is 1. The molecule has 146 valence electrons. The molecule has 2 amide bonds. The van der Waals surface area contributed by atoms with Gasteiger partial charge in [-0.1, -0.05) is 59.1 Å². The van der Waals surface area contributed by atoms with Crippen molar-refractivity contribution in [2.75, 3.05) is 4.90 Å². The van der Waals surface area contributed by atoms with Crippen LogP contribution < -0.4 is 10.2 Å². The van der Waals surface area contributed by atoms with Gasteiger partial charge in [-0.15, -0.1) is 0 Å². The van der Waals surface area contributed by atoms with Gasteiger partial charge in [-0.25, -0.2) is 9.59 Å². The van der Waals surface area contributed by atoms with Gasteiger partial charge in [-0.3, -0.25) is 4.90 Å². The van der Waals surface area contributed by atoms with Gasteiger partial charge in [-0.2, -0.15) is 0 Å². The number of fused-ring (bicyclic) bond motifs is 1. The van der Waals surface area contributed by atoms with E-state index in [2.05, 4.69) is 5.32 Å². The maximum Gasteiger partial charge on any atom is 0.335 e. The molecule has 0 unspecified atom stereocenters. The molecular weight excluding hydrogens is 435 g/mol. The summed E-state index contributed by atoms with van der Waals surface area (Å²) in [4.78, 5) is 25.9. The number of urea groups is 1. The molecule has 5 nitrogen and oxygen atoms in total. The molecule has 1 heterocycles. The summed E-state index contributed by atoms with van der Waals surface area (Å²) < 4.78 is 0. The third-order valence-corrected chi connectivity index (χ3v) is 5.60. The van der Waals surface area contributed by atoms with Crippen molar-refractivity contribution in [2.24, 2.45) is 0 Å². The van der Waals surface area contributed by atoms with E-state index in [1.165, 1.54) is 11.0 Å². The van der Waals surface area contributed by atoms with Gasteiger partial charge in [0.2, 0.25) is 0 Å². The molecule has 0 bridgehead atoms. The van der Waals surface area contributed by atoms with Crippen molar-refractivity contribution in [1.29, 1.82) is 0 Å². The highest BCUT2D eigenvalue weighted by Gasteiger charge is 2.31. The molecule has 1 aliphatic heterocycles. The highest BCUT2D eigenvalue weighted by Crippen LogP contribution is 2.44. The lowest BCUT2D eigenvalue weighted by molar-refractivity contribution is 0.0697. The van der Waals surface area contributed by atoms with Gasteiger partial charge in [0.25, 0.3) is 0 Å². The molecule has 0 aromatic heterocycles. The number of nitrogens with zero attached hydrogens (tertiary/aromatic N) is 1. The average Bonchev–Trinajstić information content (AvgIpc) is 2.69. The van der Waals surface area contributed by atoms with Crippen LogP contribution in [0, 0.1) is 0 Å². The molecule has 2 N–H and O–H groups in total. The number of rotatable bonds is 3. The quantitative estimate of drug-likeness (QED) is 0.490. The third-order valence-electron chi connectivity index (χ3n) is 4.66. The Morgan fingerprint density at radius 3 is 2.24 bits per heavy atom. The van der Waals surface area contributed by atoms with Crippen molar-refractivity contribution in [3.05, 3.63) is 80.8 Å². The minimum Gasteiger partial charge on any atom is -0.478 e. The smallest absolute Gasteiger partial charge is 0.335 e. The second-order valence-corrected chi connectivity index (χ2v) is 7.59. The van der Waals surface area contributed by atoms with E-state index in [1.807, 2.05) is 6.07 Å². The van der Waals surface area contributed by atoms with Crippen molar-refractivity contribution in [3.63, 3.8) is 0 Å². The summed E-state index contributed by atoms with van der Waals surface area (Å²) in [6.07, 6.45) is 0. The van der Waals surface area contributed by atoms with Crippen molar-refractivity contribution >= 4 is 58.2 Å². The second kappa shape index (κ2) is 7.59. The molecule has 0 aliphatic carbocycles. The van der Waals surface area contributed by atoms with Crippen LogP contribution >= 0.6 is 34.8 Å². The number of carboxylic acid groups (broad SMARTS) is 1. The Hall–Kier alpha value is -2.73. The van der Waals surface area contributed by atoms with Crippen LogP contribution in [0.5, 0.6) is 0 Å². The highest BCUT2D eigenvalue weighted by molar-refractivity contribution is 6.40. The standard InChI is InChI=1S/C21H13Cl3N2O3/c22-15-5-2-1-4-12(15)13-8-11(20(27)28)9-18-14(13)10-25-21(29)26(18)19-16(23)6-3-7-17(19)24/h1-9H,10H2,(H,25,29)(H,27,28). The molecule has 0 atom stereocenters. The van der Waals surface area contributed by atoms with E-state index in [4.69, 9.17) is 34.8 Å². The van der Waals surface area contributed by atoms with E-state index in [1.54, 1.807) is 42.5 Å². The first-order valence-corrected chi connectivity index (χ1v) is 9.69. The molecule has 0 saturated carbocycles. The normalized spacial score (nSPS) is 13.1. The van der Waals surface area contributed by atoms with Gasteiger partial charge in [0.1, 0.15) is 0 Å². The Balaban J connectivity index is 2.04. The summed E-state index contributed by atoms with van der Waals surface area (Å²) in [7, 11) is 0. The third kappa shape index (κ3) is 3.42. The fraction of sp³-hybridized carbons (Fsp3) is 0.0476. The molecule has 0 fully saturated rings. The number of aromatic carboxylic acids is 1. The van der Waals surface area contributed by atoms with Crippen molar-refractivity contribution in [1.82, 2.24) is 5.32 Å². The van der Waals surface area contributed by atoms with Crippen molar-refractivity contribution in [3.8, 4) is 11.1 Å². The van der Waals surface area contributed by atoms with Crippen LogP contribution in [-0.2, 0) is 6.54 Å². The molecule has 4 rings (SSSR count). The predicted octanol–water partition coefficient (Wildman–Crippen LogP) is 6.37. The number of benzene rings is 3. The topological polar surface area (TPSA) is 69.6 Å². The Bertz CT molecular complexity index is 1140. The Morgan fingerprint density at radius 1 is 0.931 bits per heavy atom. The van der Waals surface area contributed by atoms with Gasteiger partial charge < -0.3 is 10.4 Å². The van der Waals surface area contributed by atoms with Crippen LogP contribution in [-0.4, -0.2) is 17.1 Å². The van der Waals surface area contributed by atoms with Crippen LogP contribution in [0.15, 0.2) is 54.6 Å². The first kappa shape index (κ1) is 19.6. The maximum atomic E-state index is 12.8. The number of carbonyl (C=O) groups is 2.